The number of halogens is 2. The maximum atomic E-state index is 12.8. The van der Waals surface area contributed by atoms with Gasteiger partial charge in [0.05, 0.1) is 22.3 Å². The number of carbonyl (C=O) groups excluding carboxylic acids is 2. The van der Waals surface area contributed by atoms with Crippen molar-refractivity contribution < 1.29 is 9.59 Å². The number of aromatic nitrogens is 2. The first-order chi connectivity index (χ1) is 12.0. The van der Waals surface area contributed by atoms with Crippen LogP contribution in [0.5, 0.6) is 0 Å². The number of benzene rings is 1. The highest BCUT2D eigenvalue weighted by atomic mass is 35.5. The Bertz CT molecular complexity index is 875. The van der Waals surface area contributed by atoms with Gasteiger partial charge in [-0.05, 0) is 31.0 Å². The lowest BCUT2D eigenvalue weighted by Crippen LogP contribution is -2.36. The molecule has 1 aromatic heterocycles. The van der Waals surface area contributed by atoms with Crippen LogP contribution in [0, 0.1) is 0 Å². The molecule has 0 spiro atoms. The van der Waals surface area contributed by atoms with E-state index in [2.05, 4.69) is 5.10 Å². The van der Waals surface area contributed by atoms with Gasteiger partial charge in [-0.1, -0.05) is 23.2 Å². The number of nitrogens with zero attached hydrogens (tertiary/aromatic N) is 3. The van der Waals surface area contributed by atoms with Gasteiger partial charge in [-0.3, -0.25) is 14.3 Å². The summed E-state index contributed by atoms with van der Waals surface area (Å²) in [6.45, 7) is 1.76. The first kappa shape index (κ1) is 16.6. The second-order valence-corrected chi connectivity index (χ2v) is 7.30. The quantitative estimate of drug-likeness (QED) is 0.760. The van der Waals surface area contributed by atoms with Gasteiger partial charge in [-0.25, -0.2) is 0 Å². The van der Waals surface area contributed by atoms with Gasteiger partial charge in [0.15, 0.2) is 5.78 Å². The Morgan fingerprint density at radius 3 is 2.72 bits per heavy atom. The summed E-state index contributed by atoms with van der Waals surface area (Å²) in [7, 11) is 0. The molecule has 0 saturated heterocycles. The van der Waals surface area contributed by atoms with Crippen LogP contribution >= 0.6 is 23.2 Å². The van der Waals surface area contributed by atoms with Crippen molar-refractivity contribution in [3.63, 3.8) is 0 Å². The number of carbonyl (C=O) groups is 2. The third kappa shape index (κ3) is 2.96. The number of fused-ring (bicyclic) bond motifs is 3. The minimum Gasteiger partial charge on any atom is -0.334 e. The fourth-order valence-corrected chi connectivity index (χ4v) is 3.85. The summed E-state index contributed by atoms with van der Waals surface area (Å²) in [6.07, 6.45) is 3.07. The lowest BCUT2D eigenvalue weighted by molar-refractivity contribution is 0.0731. The minimum atomic E-state index is -0.106. The van der Waals surface area contributed by atoms with Crippen LogP contribution in [0.25, 0.3) is 0 Å². The largest absolute Gasteiger partial charge is 0.334 e. The molecule has 2 aliphatic rings. The van der Waals surface area contributed by atoms with E-state index in [1.165, 1.54) is 0 Å². The molecule has 1 amide bonds. The third-order valence-corrected chi connectivity index (χ3v) is 5.58. The lowest BCUT2D eigenvalue weighted by atomic mass is 10.0. The number of Topliss-reactive ketones (excluding diaryl/α,β-unsaturated/α-hetero) is 1. The zero-order chi connectivity index (χ0) is 17.6. The highest BCUT2D eigenvalue weighted by Gasteiger charge is 2.31. The molecular formula is C18H17Cl2N3O2. The SMILES string of the molecule is O=C1CCCCn2nc3c(c21)CN(C(=O)c1ccc(Cl)c(Cl)c1)CC3. The molecule has 0 atom stereocenters. The summed E-state index contributed by atoms with van der Waals surface area (Å²) in [6, 6.07) is 4.89. The van der Waals surface area contributed by atoms with Crippen LogP contribution in [-0.2, 0) is 19.5 Å². The molecule has 3 heterocycles. The van der Waals surface area contributed by atoms with E-state index in [-0.39, 0.29) is 11.7 Å². The molecule has 2 aliphatic heterocycles. The van der Waals surface area contributed by atoms with Crippen molar-refractivity contribution in [3.8, 4) is 0 Å². The molecule has 5 nitrogen and oxygen atoms in total. The minimum absolute atomic E-state index is 0.106. The summed E-state index contributed by atoms with van der Waals surface area (Å²) in [5, 5.41) is 5.40. The highest BCUT2D eigenvalue weighted by Crippen LogP contribution is 2.28. The fraction of sp³-hybridized carbons (Fsp3) is 0.389. The van der Waals surface area contributed by atoms with E-state index in [1.807, 2.05) is 4.68 Å². The van der Waals surface area contributed by atoms with Crippen molar-refractivity contribution >= 4 is 34.9 Å². The zero-order valence-electron chi connectivity index (χ0n) is 13.6. The van der Waals surface area contributed by atoms with Crippen LogP contribution in [0.3, 0.4) is 0 Å². The first-order valence-electron chi connectivity index (χ1n) is 8.40. The van der Waals surface area contributed by atoms with Gasteiger partial charge in [0.1, 0.15) is 5.69 Å². The van der Waals surface area contributed by atoms with Crippen molar-refractivity contribution in [2.24, 2.45) is 0 Å². The molecule has 1 aromatic carbocycles. The van der Waals surface area contributed by atoms with E-state index < -0.39 is 0 Å². The standard InChI is InChI=1S/C18H17Cl2N3O2/c19-13-5-4-11(9-14(13)20)18(25)22-8-6-15-12(10-22)17-16(24)3-1-2-7-23(17)21-15/h4-5,9H,1-3,6-8,10H2. The Morgan fingerprint density at radius 2 is 1.92 bits per heavy atom. The van der Waals surface area contributed by atoms with Crippen LogP contribution in [0.15, 0.2) is 18.2 Å². The predicted molar refractivity (Wildman–Crippen MR) is 95.3 cm³/mol. The van der Waals surface area contributed by atoms with Crippen molar-refractivity contribution in [2.45, 2.75) is 38.8 Å². The normalized spacial score (nSPS) is 17.0. The molecule has 0 radical (unpaired) electrons. The van der Waals surface area contributed by atoms with Crippen molar-refractivity contribution in [3.05, 3.63) is 50.8 Å². The number of aryl methyl sites for hydroxylation is 1. The molecule has 130 valence electrons. The highest BCUT2D eigenvalue weighted by molar-refractivity contribution is 6.42. The number of ketones is 1. The van der Waals surface area contributed by atoms with Crippen molar-refractivity contribution in [1.29, 1.82) is 0 Å². The average molecular weight is 378 g/mol. The van der Waals surface area contributed by atoms with Crippen LogP contribution in [0.1, 0.15) is 51.4 Å². The molecule has 0 saturated carbocycles. The molecule has 7 heteroatoms. The smallest absolute Gasteiger partial charge is 0.254 e. The van der Waals surface area contributed by atoms with E-state index in [1.54, 1.807) is 23.1 Å². The predicted octanol–water partition coefficient (Wildman–Crippen LogP) is 3.76. The molecular weight excluding hydrogens is 361 g/mol. The Hall–Kier alpha value is -1.85. The Kier molecular flexibility index (Phi) is 4.29. The molecule has 0 unspecified atom stereocenters. The zero-order valence-corrected chi connectivity index (χ0v) is 15.1. The average Bonchev–Trinajstić information content (AvgIpc) is 2.87. The third-order valence-electron chi connectivity index (χ3n) is 4.84. The van der Waals surface area contributed by atoms with Crippen molar-refractivity contribution in [2.75, 3.05) is 6.54 Å². The fourth-order valence-electron chi connectivity index (χ4n) is 3.55. The summed E-state index contributed by atoms with van der Waals surface area (Å²) < 4.78 is 1.84. The van der Waals surface area contributed by atoms with Gasteiger partial charge in [-0.15, -0.1) is 0 Å². The Balaban J connectivity index is 1.64. The lowest BCUT2D eigenvalue weighted by Gasteiger charge is -2.27. The maximum absolute atomic E-state index is 12.8. The Labute approximate surface area is 155 Å². The second-order valence-electron chi connectivity index (χ2n) is 6.48. The van der Waals surface area contributed by atoms with E-state index in [9.17, 15) is 9.59 Å². The van der Waals surface area contributed by atoms with Crippen LogP contribution in [0.2, 0.25) is 10.0 Å². The van der Waals surface area contributed by atoms with Gasteiger partial charge in [0.2, 0.25) is 0 Å². The van der Waals surface area contributed by atoms with E-state index in [0.29, 0.717) is 47.2 Å². The van der Waals surface area contributed by atoms with E-state index >= 15 is 0 Å². The molecule has 0 N–H and O–H groups in total. The van der Waals surface area contributed by atoms with Gasteiger partial charge in [-0.2, -0.15) is 5.10 Å². The number of hydrogen-bond donors (Lipinski definition) is 0. The number of rotatable bonds is 1. The summed E-state index contributed by atoms with van der Waals surface area (Å²) >= 11 is 12.0. The van der Waals surface area contributed by atoms with Gasteiger partial charge in [0.25, 0.3) is 5.91 Å². The van der Waals surface area contributed by atoms with Crippen LogP contribution < -0.4 is 0 Å². The van der Waals surface area contributed by atoms with Crippen LogP contribution in [-0.4, -0.2) is 32.9 Å². The number of hydrogen-bond acceptors (Lipinski definition) is 3. The van der Waals surface area contributed by atoms with E-state index in [4.69, 9.17) is 23.2 Å². The van der Waals surface area contributed by atoms with Gasteiger partial charge >= 0.3 is 0 Å². The molecule has 0 aliphatic carbocycles. The second kappa shape index (κ2) is 6.46. The summed E-state index contributed by atoms with van der Waals surface area (Å²) in [5.41, 5.74) is 3.05. The first-order valence-corrected chi connectivity index (χ1v) is 9.16. The molecule has 0 fully saturated rings. The summed E-state index contributed by atoms with van der Waals surface area (Å²) in [5.74, 6) is 0.0281. The Morgan fingerprint density at radius 1 is 1.08 bits per heavy atom. The molecule has 2 aromatic rings. The molecule has 4 rings (SSSR count). The topological polar surface area (TPSA) is 55.2 Å². The number of amides is 1. The van der Waals surface area contributed by atoms with Crippen LogP contribution in [0.4, 0.5) is 0 Å². The molecule has 0 bridgehead atoms. The van der Waals surface area contributed by atoms with E-state index in [0.717, 1.165) is 30.6 Å². The van der Waals surface area contributed by atoms with Crippen molar-refractivity contribution in [1.82, 2.24) is 14.7 Å². The van der Waals surface area contributed by atoms with Gasteiger partial charge < -0.3 is 4.90 Å². The monoisotopic (exact) mass is 377 g/mol. The molecule has 25 heavy (non-hydrogen) atoms. The summed E-state index contributed by atoms with van der Waals surface area (Å²) in [4.78, 5) is 27.0. The van der Waals surface area contributed by atoms with Gasteiger partial charge in [0, 0.05) is 37.1 Å². The maximum Gasteiger partial charge on any atom is 0.254 e.